The van der Waals surface area contributed by atoms with Gasteiger partial charge < -0.3 is 0 Å². The standard InChI is InChI=1S/C24H30N2/c1-2-3-15-24(20-25-18-22-11-6-4-7-12-22)16-10-17-26(21-24)19-23-13-8-5-9-14-23/h4-14,16,20H,2-3,15,17-19,21H2,1H3. The maximum atomic E-state index is 4.83. The maximum absolute atomic E-state index is 4.83. The van der Waals surface area contributed by atoms with E-state index in [-0.39, 0.29) is 5.41 Å². The van der Waals surface area contributed by atoms with Crippen molar-refractivity contribution in [3.05, 3.63) is 83.9 Å². The highest BCUT2D eigenvalue weighted by atomic mass is 15.1. The Morgan fingerprint density at radius 1 is 1.00 bits per heavy atom. The number of hydrogen-bond donors (Lipinski definition) is 0. The third kappa shape index (κ3) is 5.40. The molecule has 0 radical (unpaired) electrons. The van der Waals surface area contributed by atoms with Crippen LogP contribution in [0, 0.1) is 5.41 Å². The van der Waals surface area contributed by atoms with Gasteiger partial charge in [-0.05, 0) is 17.5 Å². The molecule has 2 nitrogen and oxygen atoms in total. The van der Waals surface area contributed by atoms with E-state index in [2.05, 4.69) is 90.9 Å². The summed E-state index contributed by atoms with van der Waals surface area (Å²) in [6, 6.07) is 21.3. The summed E-state index contributed by atoms with van der Waals surface area (Å²) < 4.78 is 0. The lowest BCUT2D eigenvalue weighted by molar-refractivity contribution is 0.216. The number of nitrogens with zero attached hydrogens (tertiary/aromatic N) is 2. The van der Waals surface area contributed by atoms with Crippen LogP contribution in [-0.2, 0) is 13.1 Å². The van der Waals surface area contributed by atoms with Gasteiger partial charge in [0.15, 0.2) is 0 Å². The zero-order chi connectivity index (χ0) is 18.1. The van der Waals surface area contributed by atoms with E-state index < -0.39 is 0 Å². The van der Waals surface area contributed by atoms with Gasteiger partial charge in [-0.25, -0.2) is 0 Å². The van der Waals surface area contributed by atoms with Crippen molar-refractivity contribution in [2.75, 3.05) is 13.1 Å². The molecule has 0 aromatic heterocycles. The average Bonchev–Trinajstić information content (AvgIpc) is 2.68. The zero-order valence-electron chi connectivity index (χ0n) is 15.8. The Balaban J connectivity index is 1.69. The molecule has 0 saturated carbocycles. The van der Waals surface area contributed by atoms with Crippen LogP contribution in [0.25, 0.3) is 0 Å². The Hall–Kier alpha value is -2.19. The number of unbranched alkanes of at least 4 members (excludes halogenated alkanes) is 1. The quantitative estimate of drug-likeness (QED) is 0.455. The predicted molar refractivity (Wildman–Crippen MR) is 111 cm³/mol. The molecule has 26 heavy (non-hydrogen) atoms. The molecular weight excluding hydrogens is 316 g/mol. The van der Waals surface area contributed by atoms with Crippen molar-refractivity contribution in [2.24, 2.45) is 10.4 Å². The van der Waals surface area contributed by atoms with Crippen LogP contribution >= 0.6 is 0 Å². The molecule has 1 unspecified atom stereocenters. The van der Waals surface area contributed by atoms with Crippen molar-refractivity contribution in [3.63, 3.8) is 0 Å². The molecule has 1 aliphatic heterocycles. The second kappa shape index (κ2) is 9.49. The van der Waals surface area contributed by atoms with Crippen LogP contribution in [0.3, 0.4) is 0 Å². The smallest absolute Gasteiger partial charge is 0.0636 e. The fraction of sp³-hybridized carbons (Fsp3) is 0.375. The molecule has 1 atom stereocenters. The first kappa shape index (κ1) is 18.6. The highest BCUT2D eigenvalue weighted by molar-refractivity contribution is 5.69. The van der Waals surface area contributed by atoms with Crippen molar-refractivity contribution in [2.45, 2.75) is 39.3 Å². The molecule has 2 aromatic rings. The van der Waals surface area contributed by atoms with Gasteiger partial charge in [0.1, 0.15) is 0 Å². The van der Waals surface area contributed by atoms with E-state index in [4.69, 9.17) is 4.99 Å². The van der Waals surface area contributed by atoms with Crippen LogP contribution < -0.4 is 0 Å². The lowest BCUT2D eigenvalue weighted by Gasteiger charge is -2.37. The van der Waals surface area contributed by atoms with Gasteiger partial charge in [-0.2, -0.15) is 0 Å². The average molecular weight is 347 g/mol. The largest absolute Gasteiger partial charge is 0.294 e. The molecule has 2 aromatic carbocycles. The van der Waals surface area contributed by atoms with Gasteiger partial charge in [0.25, 0.3) is 0 Å². The summed E-state index contributed by atoms with van der Waals surface area (Å²) >= 11 is 0. The summed E-state index contributed by atoms with van der Waals surface area (Å²) in [6.07, 6.45) is 10.6. The first-order chi connectivity index (χ1) is 12.8. The Morgan fingerprint density at radius 2 is 1.69 bits per heavy atom. The van der Waals surface area contributed by atoms with E-state index in [9.17, 15) is 0 Å². The zero-order valence-corrected chi connectivity index (χ0v) is 15.8. The molecule has 0 N–H and O–H groups in total. The summed E-state index contributed by atoms with van der Waals surface area (Å²) in [6.45, 7) is 6.11. The van der Waals surface area contributed by atoms with Gasteiger partial charge >= 0.3 is 0 Å². The summed E-state index contributed by atoms with van der Waals surface area (Å²) in [5, 5.41) is 0. The van der Waals surface area contributed by atoms with E-state index in [1.54, 1.807) is 0 Å². The predicted octanol–water partition coefficient (Wildman–Crippen LogP) is 5.51. The molecule has 136 valence electrons. The minimum atomic E-state index is 0.0673. The minimum absolute atomic E-state index is 0.0673. The topological polar surface area (TPSA) is 15.6 Å². The molecule has 0 aliphatic carbocycles. The summed E-state index contributed by atoms with van der Waals surface area (Å²) in [5.41, 5.74) is 2.72. The number of hydrogen-bond acceptors (Lipinski definition) is 2. The maximum Gasteiger partial charge on any atom is 0.0636 e. The van der Waals surface area contributed by atoms with Crippen LogP contribution in [0.2, 0.25) is 0 Å². The van der Waals surface area contributed by atoms with Gasteiger partial charge in [-0.3, -0.25) is 9.89 Å². The Bertz CT molecular complexity index is 706. The van der Waals surface area contributed by atoms with Crippen molar-refractivity contribution in [3.8, 4) is 0 Å². The first-order valence-corrected chi connectivity index (χ1v) is 9.78. The lowest BCUT2D eigenvalue weighted by atomic mass is 9.81. The summed E-state index contributed by atoms with van der Waals surface area (Å²) in [7, 11) is 0. The van der Waals surface area contributed by atoms with Gasteiger partial charge in [-0.15, -0.1) is 0 Å². The van der Waals surface area contributed by atoms with Crippen LogP contribution in [0.1, 0.15) is 37.3 Å². The molecule has 0 amide bonds. The Kier molecular flexibility index (Phi) is 6.79. The molecular formula is C24H30N2. The normalized spacial score (nSPS) is 20.7. The van der Waals surface area contributed by atoms with Crippen LogP contribution in [-0.4, -0.2) is 24.2 Å². The van der Waals surface area contributed by atoms with Gasteiger partial charge in [0.05, 0.1) is 6.54 Å². The molecule has 0 fully saturated rings. The van der Waals surface area contributed by atoms with Crippen LogP contribution in [0.15, 0.2) is 77.8 Å². The third-order valence-corrected chi connectivity index (χ3v) is 5.04. The van der Waals surface area contributed by atoms with Crippen molar-refractivity contribution in [1.29, 1.82) is 0 Å². The van der Waals surface area contributed by atoms with Crippen molar-refractivity contribution < 1.29 is 0 Å². The highest BCUT2D eigenvalue weighted by Gasteiger charge is 2.29. The molecule has 1 heterocycles. The van der Waals surface area contributed by atoms with E-state index in [0.29, 0.717) is 0 Å². The second-order valence-corrected chi connectivity index (χ2v) is 7.35. The highest BCUT2D eigenvalue weighted by Crippen LogP contribution is 2.30. The van der Waals surface area contributed by atoms with Crippen molar-refractivity contribution >= 4 is 6.21 Å². The summed E-state index contributed by atoms with van der Waals surface area (Å²) in [5.74, 6) is 0. The summed E-state index contributed by atoms with van der Waals surface area (Å²) in [4.78, 5) is 7.37. The van der Waals surface area contributed by atoms with E-state index >= 15 is 0 Å². The van der Waals surface area contributed by atoms with Gasteiger partial charge in [0, 0.05) is 31.3 Å². The Labute approximate surface area is 158 Å². The fourth-order valence-electron chi connectivity index (χ4n) is 3.67. The molecule has 3 rings (SSSR count). The third-order valence-electron chi connectivity index (χ3n) is 5.04. The monoisotopic (exact) mass is 346 g/mol. The molecule has 1 aliphatic rings. The number of aliphatic imine (C=N–C) groups is 1. The lowest BCUT2D eigenvalue weighted by Crippen LogP contribution is -2.41. The van der Waals surface area contributed by atoms with E-state index in [0.717, 1.165) is 26.2 Å². The number of benzene rings is 2. The van der Waals surface area contributed by atoms with Gasteiger partial charge in [0.2, 0.25) is 0 Å². The number of rotatable bonds is 8. The molecule has 0 saturated heterocycles. The molecule has 0 bridgehead atoms. The SMILES string of the molecule is CCCCC1(C=NCc2ccccc2)C=CCN(Cc2ccccc2)C1. The first-order valence-electron chi connectivity index (χ1n) is 9.78. The molecule has 0 spiro atoms. The fourth-order valence-corrected chi connectivity index (χ4v) is 3.67. The van der Waals surface area contributed by atoms with Crippen LogP contribution in [0.4, 0.5) is 0 Å². The van der Waals surface area contributed by atoms with E-state index in [1.165, 1.54) is 30.4 Å². The van der Waals surface area contributed by atoms with Crippen LogP contribution in [0.5, 0.6) is 0 Å². The van der Waals surface area contributed by atoms with E-state index in [1.807, 2.05) is 0 Å². The Morgan fingerprint density at radius 3 is 2.38 bits per heavy atom. The van der Waals surface area contributed by atoms with Crippen molar-refractivity contribution in [1.82, 2.24) is 4.90 Å². The second-order valence-electron chi connectivity index (χ2n) is 7.35. The minimum Gasteiger partial charge on any atom is -0.294 e. The van der Waals surface area contributed by atoms with Gasteiger partial charge in [-0.1, -0.05) is 92.6 Å². The molecule has 2 heteroatoms.